The van der Waals surface area contributed by atoms with Crippen molar-refractivity contribution in [3.8, 4) is 6.07 Å². The molecule has 2 rings (SSSR count). The standard InChI is InChI=1S/C21H27ClN5.CH4O4S/c1-6-26(11-12-27(3,4)5)19-9-10-20(16(2)13-19)24-25-21-14-18(22)8-7-17(21)15-23;1-5-6(2,3)4/h7-10,13-14H,6,11-12H2,1-5H3;1H3,(H,2,3,4)/q+1;/p-1. The molecule has 0 saturated carbocycles. The molecule has 0 fully saturated rings. The van der Waals surface area contributed by atoms with Gasteiger partial charge in [0.2, 0.25) is 10.4 Å². The molecule has 180 valence electrons. The summed E-state index contributed by atoms with van der Waals surface area (Å²) < 4.78 is 32.0. The average molecular weight is 496 g/mol. The van der Waals surface area contributed by atoms with E-state index in [-0.39, 0.29) is 0 Å². The maximum atomic E-state index is 9.22. The van der Waals surface area contributed by atoms with E-state index < -0.39 is 10.4 Å². The van der Waals surface area contributed by atoms with E-state index in [0.29, 0.717) is 16.3 Å². The molecule has 11 heteroatoms. The maximum Gasteiger partial charge on any atom is 0.217 e. The van der Waals surface area contributed by atoms with Gasteiger partial charge in [-0.1, -0.05) is 11.6 Å². The Morgan fingerprint density at radius 1 is 1.15 bits per heavy atom. The molecule has 0 amide bonds. The van der Waals surface area contributed by atoms with Gasteiger partial charge in [0.05, 0.1) is 52.6 Å². The zero-order valence-electron chi connectivity index (χ0n) is 19.7. The summed E-state index contributed by atoms with van der Waals surface area (Å²) in [6.07, 6.45) is 0. The van der Waals surface area contributed by atoms with Crippen LogP contribution in [0.1, 0.15) is 18.1 Å². The Morgan fingerprint density at radius 3 is 2.24 bits per heavy atom. The van der Waals surface area contributed by atoms with Crippen LogP contribution < -0.4 is 4.90 Å². The topological polar surface area (TPSA) is 118 Å². The second kappa shape index (κ2) is 12.6. The van der Waals surface area contributed by atoms with Gasteiger partial charge in [-0.05, 0) is 55.8 Å². The molecule has 0 N–H and O–H groups in total. The van der Waals surface area contributed by atoms with Crippen LogP contribution in [0.25, 0.3) is 0 Å². The zero-order chi connectivity index (χ0) is 25.2. The fourth-order valence-electron chi connectivity index (χ4n) is 2.63. The van der Waals surface area contributed by atoms with Crippen molar-refractivity contribution in [1.82, 2.24) is 0 Å². The van der Waals surface area contributed by atoms with E-state index in [1.54, 1.807) is 18.2 Å². The minimum atomic E-state index is -4.41. The number of nitrogens with zero attached hydrogens (tertiary/aromatic N) is 5. The van der Waals surface area contributed by atoms with Gasteiger partial charge in [0.1, 0.15) is 11.8 Å². The summed E-state index contributed by atoms with van der Waals surface area (Å²) in [6, 6.07) is 13.3. The lowest BCUT2D eigenvalue weighted by Crippen LogP contribution is -2.42. The smallest absolute Gasteiger partial charge is 0.217 e. The Hall–Kier alpha value is -2.55. The third-order valence-corrected chi connectivity index (χ3v) is 5.16. The van der Waals surface area contributed by atoms with Crippen LogP contribution in [0.2, 0.25) is 5.02 Å². The summed E-state index contributed by atoms with van der Waals surface area (Å²) in [5, 5.41) is 18.3. The van der Waals surface area contributed by atoms with E-state index in [2.05, 4.69) is 65.6 Å². The van der Waals surface area contributed by atoms with Gasteiger partial charge in [0.25, 0.3) is 0 Å². The van der Waals surface area contributed by atoms with E-state index in [1.165, 1.54) is 5.69 Å². The molecule has 0 aliphatic heterocycles. The number of hydrogen-bond acceptors (Lipinski definition) is 8. The van der Waals surface area contributed by atoms with Crippen LogP contribution in [-0.4, -0.2) is 65.3 Å². The van der Waals surface area contributed by atoms with Gasteiger partial charge in [-0.15, -0.1) is 5.11 Å². The summed E-state index contributed by atoms with van der Waals surface area (Å²) in [5.41, 5.74) is 3.94. The Morgan fingerprint density at radius 2 is 1.76 bits per heavy atom. The van der Waals surface area contributed by atoms with E-state index in [1.807, 2.05) is 13.0 Å². The minimum Gasteiger partial charge on any atom is -0.726 e. The molecule has 0 aromatic heterocycles. The molecule has 9 nitrogen and oxygen atoms in total. The van der Waals surface area contributed by atoms with Gasteiger partial charge in [-0.2, -0.15) is 10.4 Å². The first-order valence-electron chi connectivity index (χ1n) is 10.1. The molecule has 0 aliphatic carbocycles. The molecule has 0 heterocycles. The van der Waals surface area contributed by atoms with E-state index in [9.17, 15) is 18.2 Å². The van der Waals surface area contributed by atoms with Crippen LogP contribution in [0.5, 0.6) is 0 Å². The van der Waals surface area contributed by atoms with Crippen molar-refractivity contribution >= 4 is 39.1 Å². The van der Waals surface area contributed by atoms with Crippen LogP contribution in [0.4, 0.5) is 17.1 Å². The van der Waals surface area contributed by atoms with E-state index in [0.717, 1.165) is 42.5 Å². The first-order valence-corrected chi connectivity index (χ1v) is 11.8. The molecule has 0 saturated heterocycles. The molecule has 0 radical (unpaired) electrons. The molecule has 0 spiro atoms. The molecule has 0 unspecified atom stereocenters. The van der Waals surface area contributed by atoms with Crippen LogP contribution in [-0.2, 0) is 14.6 Å². The number of likely N-dealkylation sites (N-methyl/N-ethyl adjacent to an activating group) is 2. The van der Waals surface area contributed by atoms with Gasteiger partial charge in [-0.25, -0.2) is 8.42 Å². The second-order valence-electron chi connectivity index (χ2n) is 8.11. The van der Waals surface area contributed by atoms with Crippen molar-refractivity contribution in [2.75, 3.05) is 52.8 Å². The normalized spacial score (nSPS) is 11.6. The highest BCUT2D eigenvalue weighted by Gasteiger charge is 2.12. The van der Waals surface area contributed by atoms with Crippen molar-refractivity contribution in [1.29, 1.82) is 5.26 Å². The highest BCUT2D eigenvalue weighted by atomic mass is 35.5. The van der Waals surface area contributed by atoms with E-state index in [4.69, 9.17) is 11.6 Å². The quantitative estimate of drug-likeness (QED) is 0.229. The molecule has 0 bridgehead atoms. The Labute approximate surface area is 201 Å². The summed E-state index contributed by atoms with van der Waals surface area (Å²) in [5.74, 6) is 0. The molecular formula is C22H30ClN5O4S. The lowest BCUT2D eigenvalue weighted by Gasteiger charge is -2.29. The summed E-state index contributed by atoms with van der Waals surface area (Å²) in [7, 11) is 3.00. The molecule has 33 heavy (non-hydrogen) atoms. The number of azo groups is 1. The number of aryl methyl sites for hydroxylation is 1. The Balaban J connectivity index is 0.000000801. The fraction of sp³-hybridized carbons (Fsp3) is 0.409. The number of anilines is 1. The fourth-order valence-corrected chi connectivity index (χ4v) is 2.80. The second-order valence-corrected chi connectivity index (χ2v) is 9.70. The van der Waals surface area contributed by atoms with Crippen LogP contribution in [0, 0.1) is 18.3 Å². The third-order valence-electron chi connectivity index (χ3n) is 4.52. The SMILES string of the molecule is CCN(CC[N+](C)(C)C)c1ccc(N=Nc2cc(Cl)ccc2C#N)c(C)c1.COS(=O)(=O)[O-]. The Kier molecular flexibility index (Phi) is 10.9. The number of halogens is 1. The predicted molar refractivity (Wildman–Crippen MR) is 129 cm³/mol. The Bertz CT molecular complexity index is 1110. The third kappa shape index (κ3) is 10.7. The van der Waals surface area contributed by atoms with Gasteiger partial charge in [-0.3, -0.25) is 4.18 Å². The first kappa shape index (κ1) is 28.5. The minimum absolute atomic E-state index is 0.454. The summed E-state index contributed by atoms with van der Waals surface area (Å²) in [4.78, 5) is 2.36. The van der Waals surface area contributed by atoms with Gasteiger partial charge < -0.3 is 13.9 Å². The monoisotopic (exact) mass is 495 g/mol. The summed E-state index contributed by atoms with van der Waals surface area (Å²) >= 11 is 6.00. The molecular weight excluding hydrogens is 466 g/mol. The van der Waals surface area contributed by atoms with Crippen molar-refractivity contribution in [3.05, 3.63) is 52.5 Å². The van der Waals surface area contributed by atoms with Crippen LogP contribution in [0.15, 0.2) is 46.6 Å². The zero-order valence-corrected chi connectivity index (χ0v) is 21.3. The summed E-state index contributed by atoms with van der Waals surface area (Å²) in [6.45, 7) is 7.21. The van der Waals surface area contributed by atoms with Gasteiger partial charge in [0.15, 0.2) is 0 Å². The largest absolute Gasteiger partial charge is 0.726 e. The van der Waals surface area contributed by atoms with Crippen molar-refractivity contribution in [3.63, 3.8) is 0 Å². The maximum absolute atomic E-state index is 9.22. The van der Waals surface area contributed by atoms with Gasteiger partial charge in [0, 0.05) is 17.3 Å². The highest BCUT2D eigenvalue weighted by molar-refractivity contribution is 7.80. The van der Waals surface area contributed by atoms with Crippen molar-refractivity contribution in [2.24, 2.45) is 10.2 Å². The van der Waals surface area contributed by atoms with Crippen LogP contribution >= 0.6 is 11.6 Å². The molecule has 0 aliphatic rings. The van der Waals surface area contributed by atoms with Crippen molar-refractivity contribution < 1.29 is 21.6 Å². The molecule has 2 aromatic carbocycles. The van der Waals surface area contributed by atoms with Crippen molar-refractivity contribution in [2.45, 2.75) is 13.8 Å². The predicted octanol–water partition coefficient (Wildman–Crippen LogP) is 4.56. The molecule has 2 aromatic rings. The van der Waals surface area contributed by atoms with E-state index >= 15 is 0 Å². The number of nitriles is 1. The lowest BCUT2D eigenvalue weighted by atomic mass is 10.1. The first-order chi connectivity index (χ1) is 15.3. The van der Waals surface area contributed by atoms with Crippen LogP contribution in [0.3, 0.4) is 0 Å². The lowest BCUT2D eigenvalue weighted by molar-refractivity contribution is -0.868. The number of benzene rings is 2. The number of rotatable bonds is 8. The molecule has 0 atom stereocenters. The highest BCUT2D eigenvalue weighted by Crippen LogP contribution is 2.29. The number of quaternary nitrogens is 1. The average Bonchev–Trinajstić information content (AvgIpc) is 2.73. The number of hydrogen-bond donors (Lipinski definition) is 0. The van der Waals surface area contributed by atoms with Gasteiger partial charge >= 0.3 is 0 Å².